The quantitative estimate of drug-likeness (QED) is 0.877. The van der Waals surface area contributed by atoms with E-state index in [-0.39, 0.29) is 5.91 Å². The van der Waals surface area contributed by atoms with Crippen molar-refractivity contribution in [3.05, 3.63) is 52.3 Å². The van der Waals surface area contributed by atoms with Gasteiger partial charge in [-0.05, 0) is 18.6 Å². The van der Waals surface area contributed by atoms with Crippen LogP contribution in [0.25, 0.3) is 0 Å². The summed E-state index contributed by atoms with van der Waals surface area (Å²) < 4.78 is 0. The zero-order chi connectivity index (χ0) is 12.3. The topological polar surface area (TPSA) is 57.8 Å². The first-order valence-electron chi connectivity index (χ1n) is 5.20. The number of nitrogens with zero attached hydrogens (tertiary/aromatic N) is 1. The minimum Gasteiger partial charge on any atom is -0.348 e. The molecule has 0 aliphatic rings. The Bertz CT molecular complexity index is 536. The number of H-pyrrole nitrogens is 1. The highest BCUT2D eigenvalue weighted by atomic mass is 35.5. The predicted octanol–water partition coefficient (Wildman–Crippen LogP) is 2.30. The Labute approximate surface area is 104 Å². The molecular formula is C12H12ClN3O. The third-order valence-electron chi connectivity index (χ3n) is 2.47. The molecule has 1 heterocycles. The van der Waals surface area contributed by atoms with Gasteiger partial charge in [-0.15, -0.1) is 0 Å². The van der Waals surface area contributed by atoms with E-state index in [4.69, 9.17) is 11.6 Å². The second kappa shape index (κ2) is 5.01. The molecule has 1 aromatic carbocycles. The molecule has 1 aromatic heterocycles. The fourth-order valence-electron chi connectivity index (χ4n) is 1.49. The van der Waals surface area contributed by atoms with Gasteiger partial charge in [-0.3, -0.25) is 9.89 Å². The van der Waals surface area contributed by atoms with Crippen molar-refractivity contribution in [2.45, 2.75) is 13.5 Å². The van der Waals surface area contributed by atoms with Crippen LogP contribution >= 0.6 is 11.6 Å². The first-order chi connectivity index (χ1) is 8.18. The lowest BCUT2D eigenvalue weighted by Crippen LogP contribution is -2.23. The molecule has 17 heavy (non-hydrogen) atoms. The van der Waals surface area contributed by atoms with Crippen LogP contribution in [-0.4, -0.2) is 16.1 Å². The normalized spacial score (nSPS) is 10.2. The average Bonchev–Trinajstić information content (AvgIpc) is 2.74. The molecule has 0 fully saturated rings. The van der Waals surface area contributed by atoms with Crippen LogP contribution in [0.4, 0.5) is 0 Å². The molecule has 0 atom stereocenters. The number of rotatable bonds is 3. The van der Waals surface area contributed by atoms with Gasteiger partial charge in [-0.25, -0.2) is 0 Å². The van der Waals surface area contributed by atoms with Crippen LogP contribution in [0.5, 0.6) is 0 Å². The molecule has 0 spiro atoms. The first kappa shape index (κ1) is 11.7. The van der Waals surface area contributed by atoms with E-state index in [9.17, 15) is 4.79 Å². The lowest BCUT2D eigenvalue weighted by atomic mass is 10.2. The Kier molecular flexibility index (Phi) is 3.44. The Morgan fingerprint density at radius 3 is 2.88 bits per heavy atom. The number of benzene rings is 1. The summed E-state index contributed by atoms with van der Waals surface area (Å²) in [6, 6.07) is 7.42. The SMILES string of the molecule is Cc1[nH]ncc1C(=O)NCc1ccccc1Cl. The van der Waals surface area contributed by atoms with E-state index < -0.39 is 0 Å². The number of nitrogens with one attached hydrogen (secondary N) is 2. The van der Waals surface area contributed by atoms with Gasteiger partial charge in [0, 0.05) is 17.3 Å². The highest BCUT2D eigenvalue weighted by molar-refractivity contribution is 6.31. The minimum atomic E-state index is -0.156. The molecule has 88 valence electrons. The van der Waals surface area contributed by atoms with Crippen LogP contribution in [0.2, 0.25) is 5.02 Å². The number of amides is 1. The van der Waals surface area contributed by atoms with E-state index in [1.54, 1.807) is 13.0 Å². The van der Waals surface area contributed by atoms with E-state index in [1.165, 1.54) is 6.20 Å². The molecule has 2 N–H and O–H groups in total. The molecule has 0 saturated heterocycles. The highest BCUT2D eigenvalue weighted by Crippen LogP contribution is 2.14. The van der Waals surface area contributed by atoms with E-state index >= 15 is 0 Å². The van der Waals surface area contributed by atoms with Gasteiger partial charge in [0.25, 0.3) is 5.91 Å². The number of hydrogen-bond acceptors (Lipinski definition) is 2. The lowest BCUT2D eigenvalue weighted by molar-refractivity contribution is 0.0950. The van der Waals surface area contributed by atoms with Crippen molar-refractivity contribution < 1.29 is 4.79 Å². The molecule has 2 rings (SSSR count). The number of carbonyl (C=O) groups is 1. The van der Waals surface area contributed by atoms with Crippen molar-refractivity contribution in [2.24, 2.45) is 0 Å². The summed E-state index contributed by atoms with van der Waals surface area (Å²) in [5.41, 5.74) is 2.20. The molecule has 0 saturated carbocycles. The molecular weight excluding hydrogens is 238 g/mol. The van der Waals surface area contributed by atoms with Crippen LogP contribution in [0, 0.1) is 6.92 Å². The number of hydrogen-bond donors (Lipinski definition) is 2. The number of halogens is 1. The van der Waals surface area contributed by atoms with Crippen molar-refractivity contribution >= 4 is 17.5 Å². The maximum Gasteiger partial charge on any atom is 0.255 e. The van der Waals surface area contributed by atoms with E-state index in [0.29, 0.717) is 17.1 Å². The Morgan fingerprint density at radius 1 is 1.47 bits per heavy atom. The molecule has 4 nitrogen and oxygen atoms in total. The summed E-state index contributed by atoms with van der Waals surface area (Å²) in [6.07, 6.45) is 1.51. The van der Waals surface area contributed by atoms with E-state index in [2.05, 4.69) is 15.5 Å². The van der Waals surface area contributed by atoms with Gasteiger partial charge in [0.2, 0.25) is 0 Å². The summed E-state index contributed by atoms with van der Waals surface area (Å²) in [7, 11) is 0. The van der Waals surface area contributed by atoms with Crippen molar-refractivity contribution in [2.75, 3.05) is 0 Å². The van der Waals surface area contributed by atoms with Gasteiger partial charge in [-0.2, -0.15) is 5.10 Å². The maximum atomic E-state index is 11.8. The Hall–Kier alpha value is -1.81. The van der Waals surface area contributed by atoms with E-state index in [0.717, 1.165) is 11.3 Å². The summed E-state index contributed by atoms with van der Waals surface area (Å²) in [6.45, 7) is 2.21. The molecule has 0 unspecified atom stereocenters. The van der Waals surface area contributed by atoms with Crippen molar-refractivity contribution in [3.8, 4) is 0 Å². The first-order valence-corrected chi connectivity index (χ1v) is 5.58. The average molecular weight is 250 g/mol. The number of aromatic amines is 1. The molecule has 5 heteroatoms. The van der Waals surface area contributed by atoms with Gasteiger partial charge in [0.1, 0.15) is 0 Å². The summed E-state index contributed by atoms with van der Waals surface area (Å²) in [4.78, 5) is 11.8. The molecule has 0 aliphatic heterocycles. The van der Waals surface area contributed by atoms with Crippen LogP contribution in [-0.2, 0) is 6.54 Å². The summed E-state index contributed by atoms with van der Waals surface area (Å²) in [5, 5.41) is 9.97. The number of carbonyl (C=O) groups excluding carboxylic acids is 1. The summed E-state index contributed by atoms with van der Waals surface area (Å²) >= 11 is 5.99. The Balaban J connectivity index is 2.02. The van der Waals surface area contributed by atoms with Crippen LogP contribution < -0.4 is 5.32 Å². The van der Waals surface area contributed by atoms with Crippen LogP contribution in [0.1, 0.15) is 21.6 Å². The number of aromatic nitrogens is 2. The third-order valence-corrected chi connectivity index (χ3v) is 2.84. The number of aryl methyl sites for hydroxylation is 1. The minimum absolute atomic E-state index is 0.156. The lowest BCUT2D eigenvalue weighted by Gasteiger charge is -2.06. The van der Waals surface area contributed by atoms with Crippen LogP contribution in [0.15, 0.2) is 30.5 Å². The van der Waals surface area contributed by atoms with Gasteiger partial charge in [0.15, 0.2) is 0 Å². The highest BCUT2D eigenvalue weighted by Gasteiger charge is 2.10. The zero-order valence-corrected chi connectivity index (χ0v) is 10.1. The largest absolute Gasteiger partial charge is 0.348 e. The molecule has 0 aliphatic carbocycles. The smallest absolute Gasteiger partial charge is 0.255 e. The second-order valence-corrected chi connectivity index (χ2v) is 4.09. The maximum absolute atomic E-state index is 11.8. The van der Waals surface area contributed by atoms with Crippen LogP contribution in [0.3, 0.4) is 0 Å². The standard InChI is InChI=1S/C12H12ClN3O/c1-8-10(7-15-16-8)12(17)14-6-9-4-2-3-5-11(9)13/h2-5,7H,6H2,1H3,(H,14,17)(H,15,16). The van der Waals surface area contributed by atoms with Crippen molar-refractivity contribution in [1.82, 2.24) is 15.5 Å². The fraction of sp³-hybridized carbons (Fsp3) is 0.167. The molecule has 0 radical (unpaired) electrons. The van der Waals surface area contributed by atoms with Gasteiger partial charge in [-0.1, -0.05) is 29.8 Å². The Morgan fingerprint density at radius 2 is 2.24 bits per heavy atom. The molecule has 0 bridgehead atoms. The van der Waals surface area contributed by atoms with Gasteiger partial charge < -0.3 is 5.32 Å². The van der Waals surface area contributed by atoms with Gasteiger partial charge in [0.05, 0.1) is 11.8 Å². The predicted molar refractivity (Wildman–Crippen MR) is 65.9 cm³/mol. The van der Waals surface area contributed by atoms with Crippen molar-refractivity contribution in [1.29, 1.82) is 0 Å². The monoisotopic (exact) mass is 249 g/mol. The van der Waals surface area contributed by atoms with Gasteiger partial charge >= 0.3 is 0 Å². The zero-order valence-electron chi connectivity index (χ0n) is 9.33. The summed E-state index contributed by atoms with van der Waals surface area (Å²) in [5.74, 6) is -0.156. The second-order valence-electron chi connectivity index (χ2n) is 3.68. The van der Waals surface area contributed by atoms with E-state index in [1.807, 2.05) is 18.2 Å². The molecule has 2 aromatic rings. The third kappa shape index (κ3) is 2.65. The molecule has 1 amide bonds. The fourth-order valence-corrected chi connectivity index (χ4v) is 1.69. The van der Waals surface area contributed by atoms with Crippen molar-refractivity contribution in [3.63, 3.8) is 0 Å².